The smallest absolute Gasteiger partial charge is 0.331 e. The summed E-state index contributed by atoms with van der Waals surface area (Å²) < 4.78 is 15.4. The van der Waals surface area contributed by atoms with E-state index in [0.29, 0.717) is 0 Å². The van der Waals surface area contributed by atoms with Crippen LogP contribution in [0.3, 0.4) is 0 Å². The highest BCUT2D eigenvalue weighted by atomic mass is 16.7. The molecular formula is C31H46N4O10. The van der Waals surface area contributed by atoms with Gasteiger partial charge in [-0.1, -0.05) is 58.0 Å². The molecule has 250 valence electrons. The lowest BCUT2D eigenvalue weighted by molar-refractivity contribution is -0.171. The van der Waals surface area contributed by atoms with E-state index in [1.54, 1.807) is 12.1 Å². The molecule has 0 fully saturated rings. The Morgan fingerprint density at radius 2 is 1.16 bits per heavy atom. The zero-order chi connectivity index (χ0) is 33.9. The molecule has 1 aromatic carbocycles. The number of amides is 3. The molecule has 14 heteroatoms. The standard InChI is InChI=1S/C31H46N4O10/c1-19(2)12-23(34-27(38)14-21(5)36)29(40)44-18-45-30(41)24(13-20(3)4)35-28(39)15-26(37)33-16-25(32-6)31(42)43-17-22-10-8-7-9-11-22/h7-11,19-20,23-25,32H,12-18H2,1-6H3,(H,33,37)(H,34,38)(H,35,39). The monoisotopic (exact) mass is 634 g/mol. The molecule has 0 saturated carbocycles. The van der Waals surface area contributed by atoms with Crippen molar-refractivity contribution in [2.75, 3.05) is 20.4 Å². The lowest BCUT2D eigenvalue weighted by atomic mass is 10.0. The van der Waals surface area contributed by atoms with Gasteiger partial charge in [0.1, 0.15) is 36.9 Å². The molecule has 3 atom stereocenters. The summed E-state index contributed by atoms with van der Waals surface area (Å²) in [5, 5.41) is 10.2. The Morgan fingerprint density at radius 1 is 0.667 bits per heavy atom. The number of ether oxygens (including phenoxy) is 3. The number of esters is 3. The van der Waals surface area contributed by atoms with Crippen molar-refractivity contribution >= 4 is 41.4 Å². The predicted molar refractivity (Wildman–Crippen MR) is 162 cm³/mol. The minimum atomic E-state index is -1.14. The van der Waals surface area contributed by atoms with E-state index in [1.807, 2.05) is 45.9 Å². The van der Waals surface area contributed by atoms with Crippen LogP contribution in [0.15, 0.2) is 30.3 Å². The first-order valence-corrected chi connectivity index (χ1v) is 14.8. The quantitative estimate of drug-likeness (QED) is 0.0904. The third kappa shape index (κ3) is 16.9. The fraction of sp³-hybridized carbons (Fsp3) is 0.581. The van der Waals surface area contributed by atoms with Gasteiger partial charge < -0.3 is 35.5 Å². The lowest BCUT2D eigenvalue weighted by Crippen LogP contribution is -2.47. The normalized spacial score (nSPS) is 12.8. The summed E-state index contributed by atoms with van der Waals surface area (Å²) in [6.07, 6.45) is -0.604. The first-order valence-electron chi connectivity index (χ1n) is 14.8. The maximum absolute atomic E-state index is 12.7. The topological polar surface area (TPSA) is 195 Å². The Hall–Kier alpha value is -4.33. The van der Waals surface area contributed by atoms with E-state index in [4.69, 9.17) is 14.2 Å². The van der Waals surface area contributed by atoms with Gasteiger partial charge in [0.15, 0.2) is 0 Å². The molecule has 3 amide bonds. The average Bonchev–Trinajstić information content (AvgIpc) is 2.95. The number of carbonyl (C=O) groups is 7. The van der Waals surface area contributed by atoms with Crippen LogP contribution < -0.4 is 21.3 Å². The molecular weight excluding hydrogens is 588 g/mol. The van der Waals surface area contributed by atoms with Gasteiger partial charge in [-0.05, 0) is 44.2 Å². The van der Waals surface area contributed by atoms with Crippen molar-refractivity contribution in [3.05, 3.63) is 35.9 Å². The van der Waals surface area contributed by atoms with Crippen LogP contribution in [0.4, 0.5) is 0 Å². The minimum Gasteiger partial charge on any atom is -0.460 e. The lowest BCUT2D eigenvalue weighted by Gasteiger charge is -2.21. The molecule has 3 unspecified atom stereocenters. The number of nitrogens with one attached hydrogen (secondary N) is 4. The fourth-order valence-corrected chi connectivity index (χ4v) is 3.99. The summed E-state index contributed by atoms with van der Waals surface area (Å²) in [4.78, 5) is 85.8. The van der Waals surface area contributed by atoms with Crippen LogP contribution in [-0.2, 0) is 54.4 Å². The highest BCUT2D eigenvalue weighted by Crippen LogP contribution is 2.10. The van der Waals surface area contributed by atoms with Crippen molar-refractivity contribution in [1.29, 1.82) is 0 Å². The number of rotatable bonds is 20. The molecule has 14 nitrogen and oxygen atoms in total. The Morgan fingerprint density at radius 3 is 1.62 bits per heavy atom. The molecule has 0 aromatic heterocycles. The molecule has 45 heavy (non-hydrogen) atoms. The van der Waals surface area contributed by atoms with E-state index in [0.717, 1.165) is 5.56 Å². The molecule has 0 bridgehead atoms. The number of benzene rings is 1. The number of hydrogen-bond donors (Lipinski definition) is 4. The van der Waals surface area contributed by atoms with E-state index in [1.165, 1.54) is 14.0 Å². The third-order valence-electron chi connectivity index (χ3n) is 6.15. The molecule has 0 aliphatic heterocycles. The number of carbonyl (C=O) groups excluding carboxylic acids is 7. The molecule has 0 aliphatic carbocycles. The number of Topliss-reactive ketones (excluding diaryl/α,β-unsaturated/α-hetero) is 1. The summed E-state index contributed by atoms with van der Waals surface area (Å²) in [7, 11) is 1.53. The predicted octanol–water partition coefficient (Wildman–Crippen LogP) is 0.909. The van der Waals surface area contributed by atoms with Crippen molar-refractivity contribution in [3.63, 3.8) is 0 Å². The Kier molecular flexibility index (Phi) is 17.7. The van der Waals surface area contributed by atoms with Gasteiger partial charge in [0.05, 0.1) is 6.42 Å². The summed E-state index contributed by atoms with van der Waals surface area (Å²) in [6, 6.07) is 6.05. The second-order valence-electron chi connectivity index (χ2n) is 11.3. The molecule has 0 saturated heterocycles. The largest absolute Gasteiger partial charge is 0.460 e. The van der Waals surface area contributed by atoms with Crippen LogP contribution >= 0.6 is 0 Å². The van der Waals surface area contributed by atoms with Crippen molar-refractivity contribution in [2.24, 2.45) is 11.8 Å². The molecule has 1 rings (SSSR count). The average molecular weight is 635 g/mol. The summed E-state index contributed by atoms with van der Waals surface area (Å²) in [5.41, 5.74) is 0.805. The number of ketones is 1. The van der Waals surface area contributed by atoms with Crippen molar-refractivity contribution < 1.29 is 47.8 Å². The SMILES string of the molecule is CNC(CNC(=O)CC(=O)NC(CC(C)C)C(=O)OCOC(=O)C(CC(C)C)NC(=O)CC(C)=O)C(=O)OCc1ccccc1. The molecule has 0 spiro atoms. The van der Waals surface area contributed by atoms with E-state index < -0.39 is 67.0 Å². The summed E-state index contributed by atoms with van der Waals surface area (Å²) >= 11 is 0. The zero-order valence-corrected chi connectivity index (χ0v) is 26.8. The van der Waals surface area contributed by atoms with Gasteiger partial charge in [-0.25, -0.2) is 9.59 Å². The molecule has 1 aromatic rings. The van der Waals surface area contributed by atoms with Crippen molar-refractivity contribution in [2.45, 2.75) is 85.0 Å². The Labute approximate surface area is 263 Å². The fourth-order valence-electron chi connectivity index (χ4n) is 3.99. The van der Waals surface area contributed by atoms with Crippen LogP contribution in [0, 0.1) is 11.8 Å². The van der Waals surface area contributed by atoms with E-state index in [9.17, 15) is 33.6 Å². The van der Waals surface area contributed by atoms with Gasteiger partial charge in [-0.2, -0.15) is 0 Å². The minimum absolute atomic E-state index is 0.00291. The van der Waals surface area contributed by atoms with Crippen LogP contribution in [0.2, 0.25) is 0 Å². The maximum atomic E-state index is 12.7. The van der Waals surface area contributed by atoms with E-state index in [2.05, 4.69) is 21.3 Å². The number of hydrogen-bond acceptors (Lipinski definition) is 11. The Balaban J connectivity index is 2.60. The van der Waals surface area contributed by atoms with Crippen LogP contribution in [-0.4, -0.2) is 79.9 Å². The zero-order valence-electron chi connectivity index (χ0n) is 26.8. The van der Waals surface area contributed by atoms with Crippen molar-refractivity contribution in [1.82, 2.24) is 21.3 Å². The van der Waals surface area contributed by atoms with Gasteiger partial charge in [0.25, 0.3) is 0 Å². The van der Waals surface area contributed by atoms with Crippen molar-refractivity contribution in [3.8, 4) is 0 Å². The van der Waals surface area contributed by atoms with Gasteiger partial charge in [-0.15, -0.1) is 0 Å². The first-order chi connectivity index (χ1) is 21.2. The molecule has 0 radical (unpaired) electrons. The van der Waals surface area contributed by atoms with Gasteiger partial charge >= 0.3 is 17.9 Å². The molecule has 4 N–H and O–H groups in total. The highest BCUT2D eigenvalue weighted by molar-refractivity contribution is 5.99. The van der Waals surface area contributed by atoms with Crippen LogP contribution in [0.1, 0.15) is 65.9 Å². The van der Waals surface area contributed by atoms with E-state index >= 15 is 0 Å². The molecule has 0 heterocycles. The number of likely N-dealkylation sites (N-methyl/N-ethyl adjacent to an activating group) is 1. The molecule has 0 aliphatic rings. The van der Waals surface area contributed by atoms with Crippen LogP contribution in [0.25, 0.3) is 0 Å². The van der Waals surface area contributed by atoms with Crippen LogP contribution in [0.5, 0.6) is 0 Å². The van der Waals surface area contributed by atoms with Gasteiger partial charge in [0, 0.05) is 6.54 Å². The Bertz CT molecular complexity index is 1160. The first kappa shape index (κ1) is 38.7. The third-order valence-corrected chi connectivity index (χ3v) is 6.15. The van der Waals surface area contributed by atoms with Gasteiger partial charge in [-0.3, -0.25) is 24.0 Å². The second-order valence-corrected chi connectivity index (χ2v) is 11.3. The highest BCUT2D eigenvalue weighted by Gasteiger charge is 2.27. The summed E-state index contributed by atoms with van der Waals surface area (Å²) in [6.45, 7) is 7.70. The van der Waals surface area contributed by atoms with E-state index in [-0.39, 0.29) is 50.0 Å². The summed E-state index contributed by atoms with van der Waals surface area (Å²) in [5.74, 6) is -4.80. The van der Waals surface area contributed by atoms with Gasteiger partial charge in [0.2, 0.25) is 24.5 Å². The maximum Gasteiger partial charge on any atom is 0.331 e. The second kappa shape index (κ2) is 20.6.